The van der Waals surface area contributed by atoms with Crippen LogP contribution in [0.5, 0.6) is 11.5 Å². The van der Waals surface area contributed by atoms with Gasteiger partial charge in [0.25, 0.3) is 0 Å². The Morgan fingerprint density at radius 2 is 1.09 bits per heavy atom. The number of phenols is 2. The molecule has 5 rings (SSSR count). The number of pyridine rings is 2. The molecule has 0 unspecified atom stereocenters. The predicted octanol–water partition coefficient (Wildman–Crippen LogP) is 4.89. The van der Waals surface area contributed by atoms with Gasteiger partial charge in [0.1, 0.15) is 34.9 Å². The molecule has 34 heavy (non-hydrogen) atoms. The zero-order chi connectivity index (χ0) is 23.8. The highest BCUT2D eigenvalue weighted by Crippen LogP contribution is 2.40. The number of carbonyl (C=O) groups is 1. The van der Waals surface area contributed by atoms with E-state index in [1.807, 2.05) is 12.1 Å². The second-order valence-electron chi connectivity index (χ2n) is 7.58. The van der Waals surface area contributed by atoms with Crippen LogP contribution in [-0.4, -0.2) is 26.0 Å². The van der Waals surface area contributed by atoms with Crippen molar-refractivity contribution < 1.29 is 15.0 Å². The van der Waals surface area contributed by atoms with Crippen molar-refractivity contribution in [2.24, 2.45) is 0 Å². The largest absolute Gasteiger partial charge is 0.508 e. The van der Waals surface area contributed by atoms with E-state index in [4.69, 9.17) is 9.97 Å². The van der Waals surface area contributed by atoms with Gasteiger partial charge in [0.05, 0.1) is 28.2 Å². The number of allylic oxidation sites excluding steroid dienone is 2. The van der Waals surface area contributed by atoms with Crippen LogP contribution in [0, 0.1) is 22.7 Å². The van der Waals surface area contributed by atoms with Gasteiger partial charge in [0, 0.05) is 16.7 Å². The average Bonchev–Trinajstić information content (AvgIpc) is 2.87. The normalized spacial score (nSPS) is 11.7. The fourth-order valence-corrected chi connectivity index (χ4v) is 3.89. The van der Waals surface area contributed by atoms with E-state index in [0.29, 0.717) is 28.3 Å². The van der Waals surface area contributed by atoms with E-state index in [9.17, 15) is 25.5 Å². The summed E-state index contributed by atoms with van der Waals surface area (Å²) in [7, 11) is 0. The number of ketones is 1. The summed E-state index contributed by atoms with van der Waals surface area (Å²) in [6.07, 6.45) is 0. The van der Waals surface area contributed by atoms with E-state index >= 15 is 0 Å². The number of aromatic nitrogens is 2. The summed E-state index contributed by atoms with van der Waals surface area (Å²) in [5.74, 6) is -0.224. The lowest BCUT2D eigenvalue weighted by Gasteiger charge is -2.21. The number of nitrogens with zero attached hydrogens (tertiary/aromatic N) is 4. The van der Waals surface area contributed by atoms with Gasteiger partial charge in [-0.05, 0) is 72.8 Å². The van der Waals surface area contributed by atoms with Gasteiger partial charge in [0.15, 0.2) is 5.78 Å². The number of hydrogen-bond acceptors (Lipinski definition) is 7. The van der Waals surface area contributed by atoms with Gasteiger partial charge >= 0.3 is 0 Å². The fourth-order valence-electron chi connectivity index (χ4n) is 3.89. The van der Waals surface area contributed by atoms with Crippen LogP contribution in [0.2, 0.25) is 0 Å². The van der Waals surface area contributed by atoms with Crippen molar-refractivity contribution in [3.8, 4) is 57.5 Å². The molecule has 0 radical (unpaired) electrons. The molecule has 2 heterocycles. The lowest BCUT2D eigenvalue weighted by Crippen LogP contribution is -2.16. The number of fused-ring (bicyclic) bond motifs is 3. The summed E-state index contributed by atoms with van der Waals surface area (Å²) in [5.41, 5.74) is 3.63. The molecule has 0 fully saturated rings. The third-order valence-electron chi connectivity index (χ3n) is 5.56. The van der Waals surface area contributed by atoms with Crippen molar-refractivity contribution in [1.82, 2.24) is 9.97 Å². The predicted molar refractivity (Wildman–Crippen MR) is 124 cm³/mol. The van der Waals surface area contributed by atoms with E-state index in [0.717, 1.165) is 11.1 Å². The van der Waals surface area contributed by atoms with Crippen molar-refractivity contribution >= 4 is 11.4 Å². The molecule has 1 aliphatic carbocycles. The van der Waals surface area contributed by atoms with Crippen LogP contribution >= 0.6 is 0 Å². The second kappa shape index (κ2) is 8.01. The third kappa shape index (κ3) is 3.35. The van der Waals surface area contributed by atoms with Gasteiger partial charge in [-0.2, -0.15) is 10.5 Å². The van der Waals surface area contributed by atoms with Crippen LogP contribution in [0.25, 0.3) is 39.5 Å². The van der Waals surface area contributed by atoms with Gasteiger partial charge in [0.2, 0.25) is 0 Å². The number of rotatable bonds is 2. The lowest BCUT2D eigenvalue weighted by molar-refractivity contribution is 0.105. The van der Waals surface area contributed by atoms with Crippen LogP contribution in [0.15, 0.2) is 78.4 Å². The number of Topliss-reactive ketones (excluding diaryl/α,β-unsaturated/α-hetero) is 1. The van der Waals surface area contributed by atoms with Crippen LogP contribution < -0.4 is 0 Å². The minimum absolute atomic E-state index is 0.00330. The molecule has 0 aliphatic heterocycles. The Labute approximate surface area is 194 Å². The first-order valence-electron chi connectivity index (χ1n) is 10.2. The summed E-state index contributed by atoms with van der Waals surface area (Å²) < 4.78 is 0. The summed E-state index contributed by atoms with van der Waals surface area (Å²) in [6.45, 7) is 0. The summed E-state index contributed by atoms with van der Waals surface area (Å²) in [6, 6.07) is 23.3. The van der Waals surface area contributed by atoms with E-state index in [-0.39, 0.29) is 28.2 Å². The Morgan fingerprint density at radius 3 is 1.56 bits per heavy atom. The summed E-state index contributed by atoms with van der Waals surface area (Å²) in [5, 5.41) is 38.2. The molecule has 2 N–H and O–H groups in total. The van der Waals surface area contributed by atoms with Gasteiger partial charge in [-0.15, -0.1) is 0 Å². The molecule has 1 aliphatic rings. The van der Waals surface area contributed by atoms with Gasteiger partial charge < -0.3 is 10.2 Å². The second-order valence-corrected chi connectivity index (χ2v) is 7.58. The topological polar surface area (TPSA) is 131 Å². The number of nitriles is 2. The Bertz CT molecular complexity index is 1570. The molecule has 7 heteroatoms. The number of hydrogen-bond donors (Lipinski definition) is 2. The lowest BCUT2D eigenvalue weighted by atomic mass is 9.84. The smallest absolute Gasteiger partial charge is 0.198 e. The molecule has 7 nitrogen and oxygen atoms in total. The molecule has 2 aromatic carbocycles. The Hall–Kier alpha value is -5.27. The SMILES string of the molecule is N#CC(C#N)=C1C(=O)c2ccc(-c3ccc(O)cc3)nc2-c2nc(-c3ccc(O)cc3)ccc21. The molecule has 160 valence electrons. The first-order chi connectivity index (χ1) is 16.5. The van der Waals surface area contributed by atoms with Gasteiger partial charge in [-0.3, -0.25) is 4.79 Å². The number of aromatic hydroxyl groups is 2. The molecular weight excluding hydrogens is 428 g/mol. The minimum Gasteiger partial charge on any atom is -0.508 e. The minimum atomic E-state index is -0.468. The summed E-state index contributed by atoms with van der Waals surface area (Å²) >= 11 is 0. The molecule has 0 saturated heterocycles. The van der Waals surface area contributed by atoms with Gasteiger partial charge in [-0.1, -0.05) is 0 Å². The van der Waals surface area contributed by atoms with Crippen LogP contribution in [-0.2, 0) is 0 Å². The Kier molecular flexibility index (Phi) is 4.86. The maximum atomic E-state index is 13.3. The zero-order valence-corrected chi connectivity index (χ0v) is 17.5. The summed E-state index contributed by atoms with van der Waals surface area (Å²) in [4.78, 5) is 22.8. The molecule has 0 amide bonds. The van der Waals surface area contributed by atoms with E-state index in [1.54, 1.807) is 72.8 Å². The van der Waals surface area contributed by atoms with E-state index < -0.39 is 5.78 Å². The molecule has 4 aromatic rings. The zero-order valence-electron chi connectivity index (χ0n) is 17.5. The van der Waals surface area contributed by atoms with Crippen molar-refractivity contribution in [3.63, 3.8) is 0 Å². The monoisotopic (exact) mass is 442 g/mol. The molecule has 0 bridgehead atoms. The number of phenolic OH excluding ortho intramolecular Hbond substituents is 2. The highest BCUT2D eigenvalue weighted by atomic mass is 16.3. The molecular formula is C27H14N4O3. The van der Waals surface area contributed by atoms with Crippen molar-refractivity contribution in [2.45, 2.75) is 0 Å². The standard InChI is InChI=1S/C27H14N4O3/c28-13-17(14-29)24-20-9-11-22(15-1-5-18(32)6-2-15)30-25(20)26-21(27(24)34)10-12-23(31-26)16-3-7-19(33)8-4-16/h1-12,32-33H. The quantitative estimate of drug-likeness (QED) is 0.334. The average molecular weight is 442 g/mol. The van der Waals surface area contributed by atoms with Gasteiger partial charge in [-0.25, -0.2) is 9.97 Å². The Balaban J connectivity index is 1.78. The maximum absolute atomic E-state index is 13.3. The van der Waals surface area contributed by atoms with Crippen molar-refractivity contribution in [1.29, 1.82) is 10.5 Å². The van der Waals surface area contributed by atoms with E-state index in [2.05, 4.69) is 0 Å². The molecule has 0 atom stereocenters. The van der Waals surface area contributed by atoms with Crippen LogP contribution in [0.3, 0.4) is 0 Å². The fraction of sp³-hybridized carbons (Fsp3) is 0. The van der Waals surface area contributed by atoms with Crippen LogP contribution in [0.4, 0.5) is 0 Å². The Morgan fingerprint density at radius 1 is 0.647 bits per heavy atom. The first kappa shape index (κ1) is 20.6. The molecule has 0 spiro atoms. The first-order valence-corrected chi connectivity index (χ1v) is 10.2. The van der Waals surface area contributed by atoms with Crippen molar-refractivity contribution in [2.75, 3.05) is 0 Å². The van der Waals surface area contributed by atoms with E-state index in [1.165, 1.54) is 0 Å². The van der Waals surface area contributed by atoms with Crippen molar-refractivity contribution in [3.05, 3.63) is 89.5 Å². The maximum Gasteiger partial charge on any atom is 0.198 e. The molecule has 2 aromatic heterocycles. The number of carbonyl (C=O) groups excluding carboxylic acids is 1. The highest BCUT2D eigenvalue weighted by molar-refractivity contribution is 6.35. The molecule has 0 saturated carbocycles. The third-order valence-corrected chi connectivity index (χ3v) is 5.56. The highest BCUT2D eigenvalue weighted by Gasteiger charge is 2.33. The van der Waals surface area contributed by atoms with Crippen LogP contribution in [0.1, 0.15) is 15.9 Å². The number of benzene rings is 2.